The number of halogens is 1. The molecule has 0 bridgehead atoms. The molecule has 0 spiro atoms. The van der Waals surface area contributed by atoms with E-state index in [1.54, 1.807) is 12.0 Å². The van der Waals surface area contributed by atoms with Crippen LogP contribution in [-0.4, -0.2) is 43.3 Å². The van der Waals surface area contributed by atoms with Crippen molar-refractivity contribution >= 4 is 27.9 Å². The number of urea groups is 1. The molecule has 0 saturated heterocycles. The molecule has 25 heavy (non-hydrogen) atoms. The lowest BCUT2D eigenvalue weighted by molar-refractivity contribution is -0.140. The summed E-state index contributed by atoms with van der Waals surface area (Å²) in [6, 6.07) is 6.99. The zero-order chi connectivity index (χ0) is 18.0. The first-order chi connectivity index (χ1) is 12.0. The van der Waals surface area contributed by atoms with Crippen LogP contribution in [0.1, 0.15) is 31.4 Å². The number of benzene rings is 1. The molecule has 1 N–H and O–H groups in total. The number of allylic oxidation sites excluding steroid dienone is 1. The van der Waals surface area contributed by atoms with Crippen LogP contribution in [0.2, 0.25) is 0 Å². The van der Waals surface area contributed by atoms with Crippen molar-refractivity contribution < 1.29 is 19.1 Å². The summed E-state index contributed by atoms with van der Waals surface area (Å²) in [4.78, 5) is 27.0. The zero-order valence-corrected chi connectivity index (χ0v) is 15.8. The van der Waals surface area contributed by atoms with Gasteiger partial charge in [-0.3, -0.25) is 4.90 Å². The first-order valence-corrected chi connectivity index (χ1v) is 9.05. The average Bonchev–Trinajstić information content (AvgIpc) is 3.39. The minimum absolute atomic E-state index is 0.168. The summed E-state index contributed by atoms with van der Waals surface area (Å²) in [6.07, 6.45) is 1.91. The molecule has 1 atom stereocenters. The molecule has 0 radical (unpaired) electrons. The number of methoxy groups -OCH3 is 1. The standard InChI is InChI=1S/C18H21BrN2O4/c1-11-15(17(22)25-10-9-24-2)16(13-5-3-4-6-14(13)19)20-18(23)21(11)12-7-8-12/h3-6,12,16H,7-10H2,1-2H3,(H,20,23)/t16-/m0/s1. The van der Waals surface area contributed by atoms with Gasteiger partial charge in [0.15, 0.2) is 0 Å². The van der Waals surface area contributed by atoms with Gasteiger partial charge in [0.1, 0.15) is 6.61 Å². The molecule has 1 heterocycles. The van der Waals surface area contributed by atoms with Gasteiger partial charge in [0.25, 0.3) is 0 Å². The summed E-state index contributed by atoms with van der Waals surface area (Å²) in [5.74, 6) is -0.430. The van der Waals surface area contributed by atoms with Crippen LogP contribution in [0.25, 0.3) is 0 Å². The third-order valence-electron chi connectivity index (χ3n) is 4.40. The summed E-state index contributed by atoms with van der Waals surface area (Å²) in [5.41, 5.74) is 1.95. The van der Waals surface area contributed by atoms with Gasteiger partial charge in [0, 0.05) is 23.3 Å². The van der Waals surface area contributed by atoms with Gasteiger partial charge in [-0.2, -0.15) is 0 Å². The van der Waals surface area contributed by atoms with Crippen LogP contribution in [0.3, 0.4) is 0 Å². The highest BCUT2D eigenvalue weighted by Gasteiger charge is 2.42. The van der Waals surface area contributed by atoms with Crippen LogP contribution >= 0.6 is 15.9 Å². The molecule has 1 saturated carbocycles. The fourth-order valence-corrected chi connectivity index (χ4v) is 3.55. The molecule has 1 fully saturated rings. The Balaban J connectivity index is 1.99. The van der Waals surface area contributed by atoms with Crippen LogP contribution in [-0.2, 0) is 14.3 Å². The van der Waals surface area contributed by atoms with Crippen molar-refractivity contribution in [2.45, 2.75) is 31.8 Å². The molecule has 7 heteroatoms. The fraction of sp³-hybridized carbons (Fsp3) is 0.444. The van der Waals surface area contributed by atoms with Crippen molar-refractivity contribution in [1.29, 1.82) is 0 Å². The van der Waals surface area contributed by atoms with Crippen molar-refractivity contribution in [3.05, 3.63) is 45.6 Å². The van der Waals surface area contributed by atoms with Crippen LogP contribution in [0.4, 0.5) is 4.79 Å². The van der Waals surface area contributed by atoms with Crippen LogP contribution in [0, 0.1) is 0 Å². The number of amides is 2. The van der Waals surface area contributed by atoms with Gasteiger partial charge in [-0.15, -0.1) is 0 Å². The van der Waals surface area contributed by atoms with Gasteiger partial charge in [0.2, 0.25) is 0 Å². The Bertz CT molecular complexity index is 715. The highest BCUT2D eigenvalue weighted by Crippen LogP contribution is 2.39. The van der Waals surface area contributed by atoms with Crippen molar-refractivity contribution in [3.63, 3.8) is 0 Å². The summed E-state index contributed by atoms with van der Waals surface area (Å²) in [7, 11) is 1.55. The third kappa shape index (κ3) is 3.72. The molecular formula is C18H21BrN2O4. The van der Waals surface area contributed by atoms with Crippen LogP contribution in [0.15, 0.2) is 40.0 Å². The monoisotopic (exact) mass is 408 g/mol. The molecule has 1 aliphatic carbocycles. The maximum absolute atomic E-state index is 12.7. The van der Waals surface area contributed by atoms with Crippen LogP contribution in [0.5, 0.6) is 0 Å². The number of ether oxygens (including phenoxy) is 2. The Morgan fingerprint density at radius 3 is 2.68 bits per heavy atom. The minimum Gasteiger partial charge on any atom is -0.460 e. The number of hydrogen-bond acceptors (Lipinski definition) is 4. The molecule has 3 rings (SSSR count). The van der Waals surface area contributed by atoms with E-state index in [9.17, 15) is 9.59 Å². The Morgan fingerprint density at radius 1 is 1.32 bits per heavy atom. The van der Waals surface area contributed by atoms with Gasteiger partial charge >= 0.3 is 12.0 Å². The summed E-state index contributed by atoms with van der Waals surface area (Å²) < 4.78 is 11.1. The van der Waals surface area contributed by atoms with Crippen molar-refractivity contribution in [3.8, 4) is 0 Å². The van der Waals surface area contributed by atoms with E-state index in [4.69, 9.17) is 9.47 Å². The van der Waals surface area contributed by atoms with Crippen molar-refractivity contribution in [2.24, 2.45) is 0 Å². The molecule has 1 aliphatic heterocycles. The third-order valence-corrected chi connectivity index (χ3v) is 5.12. The topological polar surface area (TPSA) is 67.9 Å². The molecule has 134 valence electrons. The van der Waals surface area contributed by atoms with E-state index >= 15 is 0 Å². The highest BCUT2D eigenvalue weighted by molar-refractivity contribution is 9.10. The molecule has 0 unspecified atom stereocenters. The Morgan fingerprint density at radius 2 is 2.04 bits per heavy atom. The summed E-state index contributed by atoms with van der Waals surface area (Å²) in [6.45, 7) is 2.32. The van der Waals surface area contributed by atoms with Gasteiger partial charge in [-0.05, 0) is 31.4 Å². The number of carbonyl (C=O) groups excluding carboxylic acids is 2. The van der Waals surface area contributed by atoms with E-state index in [2.05, 4.69) is 21.2 Å². The van der Waals surface area contributed by atoms with E-state index in [1.807, 2.05) is 31.2 Å². The Kier molecular flexibility index (Phi) is 5.44. The molecule has 6 nitrogen and oxygen atoms in total. The van der Waals surface area contributed by atoms with Gasteiger partial charge in [0.05, 0.1) is 18.2 Å². The van der Waals surface area contributed by atoms with Gasteiger partial charge in [-0.25, -0.2) is 9.59 Å². The maximum Gasteiger partial charge on any atom is 0.338 e. The van der Waals surface area contributed by atoms with E-state index in [0.29, 0.717) is 17.9 Å². The molecular weight excluding hydrogens is 388 g/mol. The molecule has 1 aromatic rings. The number of rotatable bonds is 6. The summed E-state index contributed by atoms with van der Waals surface area (Å²) in [5, 5.41) is 2.96. The molecule has 2 amide bonds. The zero-order valence-electron chi connectivity index (χ0n) is 14.3. The average molecular weight is 409 g/mol. The first kappa shape index (κ1) is 17.9. The van der Waals surface area contributed by atoms with E-state index in [-0.39, 0.29) is 18.7 Å². The fourth-order valence-electron chi connectivity index (χ4n) is 3.03. The maximum atomic E-state index is 12.7. The molecule has 1 aromatic carbocycles. The lowest BCUT2D eigenvalue weighted by atomic mass is 9.95. The lowest BCUT2D eigenvalue weighted by Gasteiger charge is -2.35. The van der Waals surface area contributed by atoms with E-state index in [1.165, 1.54) is 0 Å². The second kappa shape index (κ2) is 7.58. The van der Waals surface area contributed by atoms with E-state index in [0.717, 1.165) is 22.9 Å². The largest absolute Gasteiger partial charge is 0.460 e. The molecule has 0 aromatic heterocycles. The second-order valence-corrected chi connectivity index (χ2v) is 6.99. The Hall–Kier alpha value is -1.86. The minimum atomic E-state index is -0.548. The van der Waals surface area contributed by atoms with E-state index < -0.39 is 12.0 Å². The van der Waals surface area contributed by atoms with Gasteiger partial charge in [-0.1, -0.05) is 34.1 Å². The number of nitrogens with zero attached hydrogens (tertiary/aromatic N) is 1. The van der Waals surface area contributed by atoms with Crippen LogP contribution < -0.4 is 5.32 Å². The predicted octanol–water partition coefficient (Wildman–Crippen LogP) is 3.14. The number of hydrogen-bond donors (Lipinski definition) is 1. The highest BCUT2D eigenvalue weighted by atomic mass is 79.9. The lowest BCUT2D eigenvalue weighted by Crippen LogP contribution is -2.49. The number of esters is 1. The smallest absolute Gasteiger partial charge is 0.338 e. The predicted molar refractivity (Wildman–Crippen MR) is 95.8 cm³/mol. The SMILES string of the molecule is COCCOC(=O)C1=C(C)N(C2CC2)C(=O)N[C@H]1c1ccccc1Br. The van der Waals surface area contributed by atoms with Gasteiger partial charge < -0.3 is 14.8 Å². The number of carbonyl (C=O) groups is 2. The first-order valence-electron chi connectivity index (χ1n) is 8.25. The Labute approximate surface area is 155 Å². The number of nitrogens with one attached hydrogen (secondary N) is 1. The van der Waals surface area contributed by atoms with Crippen molar-refractivity contribution in [2.75, 3.05) is 20.3 Å². The quantitative estimate of drug-likeness (QED) is 0.579. The normalized spacial score (nSPS) is 20.5. The molecule has 2 aliphatic rings. The summed E-state index contributed by atoms with van der Waals surface area (Å²) >= 11 is 3.51. The second-order valence-electron chi connectivity index (χ2n) is 6.13. The van der Waals surface area contributed by atoms with Crippen molar-refractivity contribution in [1.82, 2.24) is 10.2 Å².